The van der Waals surface area contributed by atoms with Crippen LogP contribution in [-0.4, -0.2) is 19.2 Å². The molecule has 0 amide bonds. The molecule has 29 heavy (non-hydrogen) atoms. The van der Waals surface area contributed by atoms with Crippen molar-refractivity contribution in [3.05, 3.63) is 59.7 Å². The van der Waals surface area contributed by atoms with Crippen molar-refractivity contribution in [2.24, 2.45) is 0 Å². The maximum Gasteiger partial charge on any atom is 0.305 e. The molecule has 158 valence electrons. The average Bonchev–Trinajstić information content (AvgIpc) is 2.74. The van der Waals surface area contributed by atoms with Crippen LogP contribution in [0.25, 0.3) is 0 Å². The Morgan fingerprint density at radius 2 is 1.48 bits per heavy atom. The van der Waals surface area contributed by atoms with Crippen molar-refractivity contribution in [2.75, 3.05) is 13.2 Å². The summed E-state index contributed by atoms with van der Waals surface area (Å²) in [6.45, 7) is 5.54. The first-order valence-corrected chi connectivity index (χ1v) is 10.8. The number of hydrogen-bond acceptors (Lipinski definition) is 4. The molecule has 2 aromatic carbocycles. The molecule has 0 aliphatic rings. The zero-order valence-electron chi connectivity index (χ0n) is 17.8. The van der Waals surface area contributed by atoms with Crippen molar-refractivity contribution in [1.82, 2.24) is 0 Å². The van der Waals surface area contributed by atoms with E-state index in [0.717, 1.165) is 36.3 Å². The lowest BCUT2D eigenvalue weighted by Gasteiger charge is -2.13. The van der Waals surface area contributed by atoms with Gasteiger partial charge in [-0.25, -0.2) is 0 Å². The molecule has 2 aromatic rings. The number of rotatable bonds is 14. The van der Waals surface area contributed by atoms with Crippen LogP contribution in [0.3, 0.4) is 0 Å². The Balaban J connectivity index is 1.76. The number of benzene rings is 2. The lowest BCUT2D eigenvalue weighted by Crippen LogP contribution is -2.05. The van der Waals surface area contributed by atoms with E-state index >= 15 is 0 Å². The highest BCUT2D eigenvalue weighted by Crippen LogP contribution is 2.27. The Hall–Kier alpha value is -2.49. The molecule has 0 N–H and O–H groups in total. The highest BCUT2D eigenvalue weighted by molar-refractivity contribution is 5.69. The van der Waals surface area contributed by atoms with Gasteiger partial charge in [0.15, 0.2) is 11.5 Å². The number of carbonyl (C=O) groups excluding carboxylic acids is 1. The van der Waals surface area contributed by atoms with Crippen LogP contribution < -0.4 is 9.47 Å². The smallest absolute Gasteiger partial charge is 0.305 e. The molecular weight excluding hydrogens is 364 g/mol. The monoisotopic (exact) mass is 398 g/mol. The Kier molecular flexibility index (Phi) is 10.7. The summed E-state index contributed by atoms with van der Waals surface area (Å²) in [5.74, 6) is 1.33. The van der Waals surface area contributed by atoms with Crippen LogP contribution in [0.15, 0.2) is 48.5 Å². The van der Waals surface area contributed by atoms with Crippen molar-refractivity contribution in [3.8, 4) is 11.5 Å². The van der Waals surface area contributed by atoms with E-state index in [2.05, 4.69) is 31.2 Å². The first kappa shape index (κ1) is 22.8. The Labute approximate surface area is 175 Å². The normalized spacial score (nSPS) is 10.6. The zero-order chi connectivity index (χ0) is 20.7. The minimum absolute atomic E-state index is 0.146. The number of para-hydroxylation sites is 2. The van der Waals surface area contributed by atoms with Crippen LogP contribution in [0, 0.1) is 0 Å². The molecule has 0 spiro atoms. The minimum atomic E-state index is -0.146. The lowest BCUT2D eigenvalue weighted by molar-refractivity contribution is -0.143. The van der Waals surface area contributed by atoms with Gasteiger partial charge < -0.3 is 14.2 Å². The third kappa shape index (κ3) is 9.03. The molecule has 0 atom stereocenters. The van der Waals surface area contributed by atoms with Gasteiger partial charge in [-0.2, -0.15) is 0 Å². The van der Waals surface area contributed by atoms with Gasteiger partial charge in [0.1, 0.15) is 6.61 Å². The molecular formula is C25H34O4. The van der Waals surface area contributed by atoms with Gasteiger partial charge in [0, 0.05) is 6.42 Å². The predicted octanol–water partition coefficient (Wildman–Crippen LogP) is 6.11. The maximum atomic E-state index is 11.4. The van der Waals surface area contributed by atoms with Gasteiger partial charge in [-0.05, 0) is 55.9 Å². The number of esters is 1. The van der Waals surface area contributed by atoms with E-state index in [1.165, 1.54) is 24.8 Å². The standard InChI is InChI=1S/C25H34O4/c1-3-5-6-11-21-15-17-22(18-16-21)20-29-24-13-8-7-12-23(24)28-19-10-9-14-25(26)27-4-2/h7-8,12-13,15-18H,3-6,9-11,14,19-20H2,1-2H3. The molecule has 2 rings (SSSR count). The van der Waals surface area contributed by atoms with Gasteiger partial charge in [0.05, 0.1) is 13.2 Å². The number of ether oxygens (including phenoxy) is 3. The average molecular weight is 399 g/mol. The highest BCUT2D eigenvalue weighted by Gasteiger charge is 2.06. The molecule has 0 aromatic heterocycles. The third-order valence-corrected chi connectivity index (χ3v) is 4.67. The van der Waals surface area contributed by atoms with Gasteiger partial charge in [-0.3, -0.25) is 4.79 Å². The van der Waals surface area contributed by atoms with E-state index in [9.17, 15) is 4.79 Å². The van der Waals surface area contributed by atoms with Crippen molar-refractivity contribution < 1.29 is 19.0 Å². The van der Waals surface area contributed by atoms with E-state index in [1.54, 1.807) is 0 Å². The third-order valence-electron chi connectivity index (χ3n) is 4.67. The predicted molar refractivity (Wildman–Crippen MR) is 116 cm³/mol. The maximum absolute atomic E-state index is 11.4. The molecule has 4 heteroatoms. The minimum Gasteiger partial charge on any atom is -0.490 e. The second-order valence-corrected chi connectivity index (χ2v) is 7.12. The van der Waals surface area contributed by atoms with Crippen molar-refractivity contribution in [1.29, 1.82) is 0 Å². The summed E-state index contributed by atoms with van der Waals surface area (Å²) in [6.07, 6.45) is 6.91. The highest BCUT2D eigenvalue weighted by atomic mass is 16.5. The molecule has 0 saturated heterocycles. The fourth-order valence-corrected chi connectivity index (χ4v) is 3.02. The summed E-state index contributed by atoms with van der Waals surface area (Å²) in [4.78, 5) is 11.4. The Morgan fingerprint density at radius 3 is 2.17 bits per heavy atom. The summed E-state index contributed by atoms with van der Waals surface area (Å²) in [7, 11) is 0. The van der Waals surface area contributed by atoms with Crippen molar-refractivity contribution >= 4 is 5.97 Å². The summed E-state index contributed by atoms with van der Waals surface area (Å²) < 4.78 is 16.8. The number of aryl methyl sites for hydroxylation is 1. The molecule has 0 heterocycles. The van der Waals surface area contributed by atoms with E-state index < -0.39 is 0 Å². The van der Waals surface area contributed by atoms with Gasteiger partial charge in [-0.1, -0.05) is 56.2 Å². The van der Waals surface area contributed by atoms with Crippen LogP contribution in [0.4, 0.5) is 0 Å². The number of hydrogen-bond donors (Lipinski definition) is 0. The molecule has 0 aliphatic heterocycles. The molecule has 0 aliphatic carbocycles. The fraction of sp³-hybridized carbons (Fsp3) is 0.480. The molecule has 0 radical (unpaired) electrons. The molecule has 0 saturated carbocycles. The topological polar surface area (TPSA) is 44.8 Å². The molecule has 4 nitrogen and oxygen atoms in total. The van der Waals surface area contributed by atoms with Crippen LogP contribution >= 0.6 is 0 Å². The Bertz CT molecular complexity index is 709. The van der Waals surface area contributed by atoms with Crippen molar-refractivity contribution in [2.45, 2.75) is 65.4 Å². The molecule has 0 bridgehead atoms. The first-order chi connectivity index (χ1) is 14.2. The van der Waals surface area contributed by atoms with Crippen LogP contribution in [0.2, 0.25) is 0 Å². The van der Waals surface area contributed by atoms with Gasteiger partial charge in [0.25, 0.3) is 0 Å². The summed E-state index contributed by atoms with van der Waals surface area (Å²) >= 11 is 0. The SMILES string of the molecule is CCCCCc1ccc(COc2ccccc2OCCCCC(=O)OCC)cc1. The molecule has 0 unspecified atom stereocenters. The summed E-state index contributed by atoms with van der Waals surface area (Å²) in [5.41, 5.74) is 2.53. The van der Waals surface area contributed by atoms with Crippen LogP contribution in [0.5, 0.6) is 11.5 Å². The Morgan fingerprint density at radius 1 is 0.793 bits per heavy atom. The molecule has 0 fully saturated rings. The zero-order valence-corrected chi connectivity index (χ0v) is 17.8. The summed E-state index contributed by atoms with van der Waals surface area (Å²) in [6, 6.07) is 16.4. The second kappa shape index (κ2) is 13.6. The van der Waals surface area contributed by atoms with Crippen LogP contribution in [0.1, 0.15) is 63.5 Å². The van der Waals surface area contributed by atoms with E-state index in [-0.39, 0.29) is 5.97 Å². The fourth-order valence-electron chi connectivity index (χ4n) is 3.02. The van der Waals surface area contributed by atoms with E-state index in [0.29, 0.717) is 26.2 Å². The van der Waals surface area contributed by atoms with Crippen molar-refractivity contribution in [3.63, 3.8) is 0 Å². The van der Waals surface area contributed by atoms with E-state index in [4.69, 9.17) is 14.2 Å². The van der Waals surface area contributed by atoms with E-state index in [1.807, 2.05) is 31.2 Å². The first-order valence-electron chi connectivity index (χ1n) is 10.8. The quantitative estimate of drug-likeness (QED) is 0.284. The summed E-state index contributed by atoms with van der Waals surface area (Å²) in [5, 5.41) is 0. The number of carbonyl (C=O) groups is 1. The van der Waals surface area contributed by atoms with Gasteiger partial charge in [-0.15, -0.1) is 0 Å². The second-order valence-electron chi connectivity index (χ2n) is 7.12. The van der Waals surface area contributed by atoms with Gasteiger partial charge >= 0.3 is 5.97 Å². The largest absolute Gasteiger partial charge is 0.490 e. The number of unbranched alkanes of at least 4 members (excludes halogenated alkanes) is 3. The van der Waals surface area contributed by atoms with Crippen LogP contribution in [-0.2, 0) is 22.6 Å². The lowest BCUT2D eigenvalue weighted by atomic mass is 10.1. The van der Waals surface area contributed by atoms with Gasteiger partial charge in [0.2, 0.25) is 0 Å².